The number of aliphatic hydroxyl groups is 2. The first-order valence-corrected chi connectivity index (χ1v) is 42.2. The number of nitrogens with one attached hydrogen (secondary N) is 4. The highest BCUT2D eigenvalue weighted by Crippen LogP contribution is 2.67. The van der Waals surface area contributed by atoms with Crippen LogP contribution in [0.3, 0.4) is 0 Å². The molecule has 34 heteroatoms. The minimum atomic E-state index is -1.96. The van der Waals surface area contributed by atoms with Crippen molar-refractivity contribution >= 4 is 94.8 Å². The Morgan fingerprint density at radius 1 is 0.667 bits per heavy atom. The van der Waals surface area contributed by atoms with Gasteiger partial charge in [-0.2, -0.15) is 0 Å². The number of likely N-dealkylation sites (tertiary alicyclic amines) is 1. The molecule has 1 heterocycles. The average Bonchev–Trinajstić information content (AvgIpc) is 1.39. The number of hydrogen-bond donors (Lipinski definition) is 6. The molecule has 3 saturated carbocycles. The van der Waals surface area contributed by atoms with E-state index in [0.717, 1.165) is 25.2 Å². The van der Waals surface area contributed by atoms with E-state index in [1.165, 1.54) is 77.0 Å². The second-order valence-corrected chi connectivity index (χ2v) is 35.9. The molecule has 5 aliphatic rings. The Balaban J connectivity index is 1.38. The quantitative estimate of drug-likeness (QED) is 0.0202. The standard InChI is InChI=1S/C86H137N11O23/c1-25-27-28-59-73(120-83(114)119-46-118-68(104)45-116-44-67(103)117-43-64(100)86(115)36-34-57-56-31-30-54-40-55(98)33-35-84(54,16)69(56)63(99)41-85(57,86)17)72(96(24)80(111)71(52(13)14)95(23)78(109)62(39-50(9)10)93(21)65(101)32-29-47(3)4)81(112)97(59)58(26-2)77(108)91(19)42-66(102)92(20)60(37-48(5)6)76(107)89-70(51(11)12)79(110)94(22)61(38-49(7)8)75(106)88-53(15)74(105)90-82(113)87-18/h25,27,33,35,40,47-53,56-63,69-73,99,115H,26,28-32,34,36-39,41-46H2,1-24H3,(H,88,106)(H,89,107)(H2,87,90,105,113)/b27-25+/t53-,56?,57?,58+,59-,60+,61+,62+,63+,69?,70+,71+,72+,73-,84+,85+,86+/m1/s1. The number of Topliss-reactive ketones (excluding diaryl/α,β-unsaturated/α-hetero) is 1. The molecule has 1 saturated heterocycles. The van der Waals surface area contributed by atoms with Crippen LogP contribution in [0.15, 0.2) is 36.0 Å². The van der Waals surface area contributed by atoms with Crippen LogP contribution in [0, 0.1) is 64.1 Å². The average molecular weight is 1690 g/mol. The number of rotatable bonds is 41. The summed E-state index contributed by atoms with van der Waals surface area (Å²) in [5.41, 5.74) is -2.66. The Morgan fingerprint density at radius 3 is 1.80 bits per heavy atom. The molecule has 5 rings (SSSR count). The summed E-state index contributed by atoms with van der Waals surface area (Å²) in [5, 5.41) is 33.7. The summed E-state index contributed by atoms with van der Waals surface area (Å²) in [5.74, 6) is -12.2. The van der Waals surface area contributed by atoms with E-state index in [1.807, 2.05) is 68.4 Å². The van der Waals surface area contributed by atoms with Crippen LogP contribution in [-0.2, 0) is 90.8 Å². The number of amides is 12. The molecular weight excluding hydrogens is 1550 g/mol. The molecule has 0 spiro atoms. The first-order chi connectivity index (χ1) is 55.9. The number of esters is 2. The summed E-state index contributed by atoms with van der Waals surface area (Å²) in [6.07, 6.45) is 6.83. The number of aliphatic hydroxyl groups excluding tert-OH is 1. The Hall–Kier alpha value is -9.18. The molecule has 120 heavy (non-hydrogen) atoms. The van der Waals surface area contributed by atoms with Gasteiger partial charge in [-0.25, -0.2) is 19.2 Å². The molecule has 17 atom stereocenters. The molecule has 674 valence electrons. The van der Waals surface area contributed by atoms with E-state index < -0.39 is 211 Å². The molecule has 3 unspecified atom stereocenters. The van der Waals surface area contributed by atoms with Gasteiger partial charge in [0, 0.05) is 72.5 Å². The van der Waals surface area contributed by atoms with Gasteiger partial charge in [0.1, 0.15) is 67.1 Å². The summed E-state index contributed by atoms with van der Waals surface area (Å²) in [6.45, 7) is 25.7. The fraction of sp³-hybridized carbons (Fsp3) is 0.744. The van der Waals surface area contributed by atoms with Crippen molar-refractivity contribution < 1.29 is 111 Å². The molecule has 0 bridgehead atoms. The lowest BCUT2D eigenvalue weighted by Gasteiger charge is -2.59. The van der Waals surface area contributed by atoms with Crippen molar-refractivity contribution in [2.24, 2.45) is 64.1 Å². The number of likely N-dealkylation sites (N-methyl/N-ethyl adjacent to an activating group) is 6. The number of hydrogen-bond acceptors (Lipinski definition) is 23. The third kappa shape index (κ3) is 24.4. The van der Waals surface area contributed by atoms with Gasteiger partial charge in [-0.15, -0.1) is 0 Å². The smallest absolute Gasteiger partial charge is 0.456 e. The van der Waals surface area contributed by atoms with Crippen molar-refractivity contribution in [1.82, 2.24) is 55.6 Å². The van der Waals surface area contributed by atoms with Crippen molar-refractivity contribution in [3.05, 3.63) is 36.0 Å². The third-order valence-corrected chi connectivity index (χ3v) is 24.8. The Bertz CT molecular complexity index is 3820. The Kier molecular flexibility index (Phi) is 37.2. The Morgan fingerprint density at radius 2 is 1.24 bits per heavy atom. The fourth-order valence-electron chi connectivity index (χ4n) is 18.0. The van der Waals surface area contributed by atoms with Gasteiger partial charge in [0.25, 0.3) is 0 Å². The molecule has 0 aromatic rings. The van der Waals surface area contributed by atoms with Crippen LogP contribution in [0.4, 0.5) is 9.59 Å². The highest BCUT2D eigenvalue weighted by Gasteiger charge is 2.68. The predicted octanol–water partition coefficient (Wildman–Crippen LogP) is 5.03. The molecule has 0 aromatic carbocycles. The van der Waals surface area contributed by atoms with Crippen LogP contribution in [0.25, 0.3) is 0 Å². The van der Waals surface area contributed by atoms with Gasteiger partial charge >= 0.3 is 24.1 Å². The number of carbonyl (C=O) groups excluding carboxylic acids is 16. The highest BCUT2D eigenvalue weighted by molar-refractivity contribution is 6.02. The zero-order chi connectivity index (χ0) is 90.8. The van der Waals surface area contributed by atoms with Gasteiger partial charge < -0.3 is 84.1 Å². The topological polar surface area (TPSA) is 431 Å². The van der Waals surface area contributed by atoms with Gasteiger partial charge in [-0.3, -0.25) is 62.9 Å². The zero-order valence-electron chi connectivity index (χ0n) is 75.1. The van der Waals surface area contributed by atoms with Gasteiger partial charge in [0.05, 0.1) is 18.7 Å². The third-order valence-electron chi connectivity index (χ3n) is 24.8. The van der Waals surface area contributed by atoms with Crippen LogP contribution in [0.2, 0.25) is 0 Å². The normalized spacial score (nSPS) is 24.2. The summed E-state index contributed by atoms with van der Waals surface area (Å²) in [7, 11) is 9.59. The maximum absolute atomic E-state index is 15.8. The van der Waals surface area contributed by atoms with E-state index in [1.54, 1.807) is 66.7 Å². The number of ether oxygens (including phenoxy) is 5. The van der Waals surface area contributed by atoms with E-state index in [-0.39, 0.29) is 104 Å². The first kappa shape index (κ1) is 101. The molecule has 34 nitrogen and oxygen atoms in total. The summed E-state index contributed by atoms with van der Waals surface area (Å²) in [6, 6.07) is -12.6. The first-order valence-electron chi connectivity index (χ1n) is 42.2. The van der Waals surface area contributed by atoms with E-state index in [9.17, 15) is 72.5 Å². The van der Waals surface area contributed by atoms with Gasteiger partial charge in [0.2, 0.25) is 71.6 Å². The predicted molar refractivity (Wildman–Crippen MR) is 441 cm³/mol. The zero-order valence-corrected chi connectivity index (χ0v) is 75.1. The number of nitrogens with zero attached hydrogens (tertiary/aromatic N) is 7. The SMILES string of the molecule is C/C=C/C[C@@H]1[C@@H](OC(=O)OCOC(=O)COCC(=O)OCC(=O)[C@@]2(O)CCC3C4CCC5=CC(=O)C=C[C@]5(C)C4[C@@H](O)C[C@@]32C)[C@H](N(C)C(=O)[C@H](C(C)C)N(C)C(=O)[C@H](CC(C)C)N(C)C(=O)CCC(C)C)C(=O)N1[C@@H](CC)C(=O)N(C)CC(=O)N(C)[C@@H](CC(C)C)C(=O)N[C@H](C(=O)N(C)[C@@H](CC(C)C)C(=O)N[C@H](C)C(=O)NC(=O)NC)C(C)C. The lowest BCUT2D eigenvalue weighted by molar-refractivity contribution is -0.182. The number of imide groups is 1. The molecule has 4 aliphatic carbocycles. The molecular formula is C86H137N11O23. The van der Waals surface area contributed by atoms with Crippen molar-refractivity contribution in [2.45, 2.75) is 267 Å². The molecule has 0 aromatic heterocycles. The van der Waals surface area contributed by atoms with Crippen molar-refractivity contribution in [2.75, 3.05) is 82.5 Å². The number of fused-ring (bicyclic) bond motifs is 5. The van der Waals surface area contributed by atoms with Crippen molar-refractivity contribution in [1.29, 1.82) is 0 Å². The lowest BCUT2D eigenvalue weighted by atomic mass is 9.46. The van der Waals surface area contributed by atoms with Crippen molar-refractivity contribution in [3.63, 3.8) is 0 Å². The summed E-state index contributed by atoms with van der Waals surface area (Å²) < 4.78 is 26.9. The summed E-state index contributed by atoms with van der Waals surface area (Å²) in [4.78, 5) is 232. The monoisotopic (exact) mass is 1690 g/mol. The van der Waals surface area contributed by atoms with E-state index >= 15 is 14.4 Å². The highest BCUT2D eigenvalue weighted by atomic mass is 16.8. The van der Waals surface area contributed by atoms with Gasteiger partial charge in [0.15, 0.2) is 18.5 Å². The van der Waals surface area contributed by atoms with Gasteiger partial charge in [-0.1, -0.05) is 128 Å². The number of urea groups is 1. The van der Waals surface area contributed by atoms with Crippen LogP contribution < -0.4 is 21.3 Å². The fourth-order valence-corrected chi connectivity index (χ4v) is 18.0. The van der Waals surface area contributed by atoms with E-state index in [4.69, 9.17) is 23.7 Å². The maximum Gasteiger partial charge on any atom is 0.511 e. The van der Waals surface area contributed by atoms with Crippen LogP contribution in [0.5, 0.6) is 0 Å². The molecule has 6 N–H and O–H groups in total. The van der Waals surface area contributed by atoms with Crippen LogP contribution in [0.1, 0.15) is 195 Å². The maximum atomic E-state index is 15.8. The van der Waals surface area contributed by atoms with E-state index in [2.05, 4.69) is 21.3 Å². The minimum Gasteiger partial charge on any atom is -0.456 e. The number of carbonyl (C=O) groups is 16. The van der Waals surface area contributed by atoms with Crippen LogP contribution >= 0.6 is 0 Å². The van der Waals surface area contributed by atoms with Crippen molar-refractivity contribution in [3.8, 4) is 0 Å². The molecule has 0 radical (unpaired) electrons. The Labute approximate surface area is 707 Å². The largest absolute Gasteiger partial charge is 0.511 e. The number of allylic oxidation sites excluding steroid dienone is 5. The van der Waals surface area contributed by atoms with Gasteiger partial charge in [-0.05, 0) is 144 Å². The van der Waals surface area contributed by atoms with E-state index in [0.29, 0.717) is 25.7 Å². The van der Waals surface area contributed by atoms with Crippen LogP contribution in [-0.4, -0.2) is 294 Å². The number of ketones is 2. The second kappa shape index (κ2) is 44.1. The minimum absolute atomic E-state index is 0.0594. The molecule has 12 amide bonds. The second-order valence-electron chi connectivity index (χ2n) is 35.9. The molecule has 1 aliphatic heterocycles. The lowest BCUT2D eigenvalue weighted by Crippen LogP contribution is -2.61. The summed E-state index contributed by atoms with van der Waals surface area (Å²) >= 11 is 0. The molecule has 4 fully saturated rings.